The van der Waals surface area contributed by atoms with Gasteiger partial charge in [-0.1, -0.05) is 83.4 Å². The minimum atomic E-state index is 0. The molecule has 11 heteroatoms. The molecular weight excluding hydrogens is 928 g/mol. The molecule has 1 unspecified atom stereocenters. The van der Waals surface area contributed by atoms with Gasteiger partial charge in [0.05, 0.1) is 18.7 Å². The number of nitrogens with one attached hydrogen (secondary N) is 1. The highest BCUT2D eigenvalue weighted by Gasteiger charge is 2.29. The van der Waals surface area contributed by atoms with Gasteiger partial charge < -0.3 is 24.8 Å². The van der Waals surface area contributed by atoms with Gasteiger partial charge in [-0.2, -0.15) is 0 Å². The second-order valence-electron chi connectivity index (χ2n) is 13.6. The van der Waals surface area contributed by atoms with Gasteiger partial charge in [-0.3, -0.25) is 14.5 Å². The molecule has 4 aromatic rings. The van der Waals surface area contributed by atoms with Crippen LogP contribution in [-0.4, -0.2) is 72.3 Å². The Bertz CT molecular complexity index is 1730. The number of anilines is 1. The number of likely N-dealkylation sites (N-methyl/N-ethyl adjacent to an activating group) is 1. The molecule has 0 bridgehead atoms. The highest BCUT2D eigenvalue weighted by atomic mass is 127. The highest BCUT2D eigenvalue weighted by molar-refractivity contribution is 14.1. The van der Waals surface area contributed by atoms with Crippen molar-refractivity contribution in [3.63, 3.8) is 0 Å². The monoisotopic (exact) mass is 987 g/mol. The molecule has 54 heavy (non-hydrogen) atoms. The van der Waals surface area contributed by atoms with Crippen LogP contribution in [0.25, 0.3) is 11.0 Å². The molecule has 5 rings (SSSR count). The molecule has 8 nitrogen and oxygen atoms in total. The Hall–Kier alpha value is -2.23. The summed E-state index contributed by atoms with van der Waals surface area (Å²) in [5, 5.41) is 4.07. The van der Waals surface area contributed by atoms with Gasteiger partial charge in [0.1, 0.15) is 23.7 Å². The van der Waals surface area contributed by atoms with Gasteiger partial charge in [0.2, 0.25) is 5.91 Å². The fourth-order valence-corrected chi connectivity index (χ4v) is 8.86. The quantitative estimate of drug-likeness (QED) is 0.0885. The first-order valence-corrected chi connectivity index (χ1v) is 21.3. The number of likely N-dealkylation sites (tertiary alicyclic amines) is 1. The first-order valence-electron chi connectivity index (χ1n) is 19.1. The third kappa shape index (κ3) is 12.9. The summed E-state index contributed by atoms with van der Waals surface area (Å²) in [7, 11) is 0. The van der Waals surface area contributed by atoms with E-state index in [4.69, 9.17) is 9.15 Å². The summed E-state index contributed by atoms with van der Waals surface area (Å²) >= 11 is 4.54. The van der Waals surface area contributed by atoms with Gasteiger partial charge in [-0.25, -0.2) is 0 Å². The second-order valence-corrected chi connectivity index (χ2v) is 16.0. The zero-order chi connectivity index (χ0) is 37.6. The van der Waals surface area contributed by atoms with Crippen LogP contribution in [0.3, 0.4) is 0 Å². The maximum absolute atomic E-state index is 13.6. The zero-order valence-electron chi connectivity index (χ0n) is 32.9. The van der Waals surface area contributed by atoms with Crippen LogP contribution in [0, 0.1) is 21.0 Å². The van der Waals surface area contributed by atoms with E-state index in [-0.39, 0.29) is 35.6 Å². The highest BCUT2D eigenvalue weighted by Crippen LogP contribution is 2.33. The molecule has 298 valence electrons. The normalized spacial score (nSPS) is 14.1. The summed E-state index contributed by atoms with van der Waals surface area (Å²) < 4.78 is 14.1. The van der Waals surface area contributed by atoms with Gasteiger partial charge in [0, 0.05) is 29.6 Å². The Morgan fingerprint density at radius 3 is 2.20 bits per heavy atom. The molecule has 3 aromatic carbocycles. The third-order valence-corrected chi connectivity index (χ3v) is 11.5. The second kappa shape index (κ2) is 24.4. The maximum atomic E-state index is 13.6. The SMILES string of the molecule is CCCCN1CCCCC1C(=O)Nc1c(C)cccc1C.CCCCc1oc2ccccc2c1C(=O)c1cc(I)c(OCCN(CC)CC)c(I)c1.Cl.O. The molecule has 1 aliphatic heterocycles. The van der Waals surface area contributed by atoms with Gasteiger partial charge in [0.25, 0.3) is 0 Å². The molecular formula is C43H60ClI2N3O5. The predicted molar refractivity (Wildman–Crippen MR) is 243 cm³/mol. The summed E-state index contributed by atoms with van der Waals surface area (Å²) in [6.07, 6.45) is 8.54. The Balaban J connectivity index is 0.000000385. The van der Waals surface area contributed by atoms with E-state index in [1.807, 2.05) is 42.5 Å². The van der Waals surface area contributed by atoms with Crippen LogP contribution in [0.15, 0.2) is 59.0 Å². The van der Waals surface area contributed by atoms with Gasteiger partial charge in [-0.15, -0.1) is 12.4 Å². The number of unbranched alkanes of at least 4 members (excludes halogenated alkanes) is 2. The molecule has 2 heterocycles. The molecule has 1 amide bonds. The maximum Gasteiger partial charge on any atom is 0.241 e. The fourth-order valence-electron chi connectivity index (χ4n) is 6.78. The zero-order valence-corrected chi connectivity index (χ0v) is 38.0. The molecule has 1 aliphatic rings. The summed E-state index contributed by atoms with van der Waals surface area (Å²) in [5.74, 6) is 1.83. The number of nitrogens with zero attached hydrogens (tertiary/aromatic N) is 2. The molecule has 1 saturated heterocycles. The number of fused-ring (bicyclic) bond motifs is 1. The number of ether oxygens (including phenoxy) is 1. The number of halogens is 3. The van der Waals surface area contributed by atoms with Crippen molar-refractivity contribution in [2.24, 2.45) is 0 Å². The standard InChI is InChI=1S/C25H29I2NO3.C18H28N2O.ClH.H2O/c1-4-7-11-22-23(18-10-8-9-12-21(18)31-22)24(29)17-15-19(26)25(20(27)16-17)30-14-13-28(5-2)6-3;1-4-5-12-20-13-7-6-11-16(20)18(21)19-17-14(2)9-8-10-15(17)3;;/h8-10,12,15-16H,4-7,11,13-14H2,1-3H3;8-10,16H,4-7,11-13H2,1-3H3,(H,19,21);1H;1H2. The number of hydrogen-bond donors (Lipinski definition) is 1. The van der Waals surface area contributed by atoms with Gasteiger partial charge >= 0.3 is 0 Å². The van der Waals surface area contributed by atoms with Crippen molar-refractivity contribution in [2.75, 3.05) is 44.6 Å². The van der Waals surface area contributed by atoms with Crippen molar-refractivity contribution in [1.29, 1.82) is 0 Å². The lowest BCUT2D eigenvalue weighted by Gasteiger charge is -2.34. The van der Waals surface area contributed by atoms with Crippen molar-refractivity contribution >= 4 is 85.9 Å². The Kier molecular flexibility index (Phi) is 21.7. The van der Waals surface area contributed by atoms with Crippen LogP contribution in [0.5, 0.6) is 5.75 Å². The molecule has 1 fully saturated rings. The van der Waals surface area contributed by atoms with Crippen molar-refractivity contribution in [2.45, 2.75) is 99.0 Å². The molecule has 0 aliphatic carbocycles. The van der Waals surface area contributed by atoms with E-state index in [1.54, 1.807) is 0 Å². The number of benzene rings is 3. The largest absolute Gasteiger partial charge is 0.490 e. The minimum Gasteiger partial charge on any atom is -0.490 e. The summed E-state index contributed by atoms with van der Waals surface area (Å²) in [6, 6.07) is 17.9. The molecule has 0 spiro atoms. The number of ketones is 1. The third-order valence-electron chi connectivity index (χ3n) is 9.91. The summed E-state index contributed by atoms with van der Waals surface area (Å²) in [5.41, 5.74) is 5.42. The van der Waals surface area contributed by atoms with Crippen LogP contribution in [-0.2, 0) is 11.2 Å². The number of carbonyl (C=O) groups excluding carboxylic acids is 2. The van der Waals surface area contributed by atoms with Crippen LogP contribution in [0.2, 0.25) is 0 Å². The Morgan fingerprint density at radius 1 is 0.926 bits per heavy atom. The number of rotatable bonds is 16. The number of hydrogen-bond acceptors (Lipinski definition) is 6. The smallest absolute Gasteiger partial charge is 0.241 e. The summed E-state index contributed by atoms with van der Waals surface area (Å²) in [6.45, 7) is 18.4. The lowest BCUT2D eigenvalue weighted by atomic mass is 9.98. The average molecular weight is 988 g/mol. The van der Waals surface area contributed by atoms with Crippen molar-refractivity contribution in [3.05, 3.63) is 89.8 Å². The van der Waals surface area contributed by atoms with E-state index < -0.39 is 0 Å². The van der Waals surface area contributed by atoms with E-state index in [9.17, 15) is 9.59 Å². The van der Waals surface area contributed by atoms with Crippen LogP contribution >= 0.6 is 57.6 Å². The number of amides is 1. The topological polar surface area (TPSA) is 107 Å². The Morgan fingerprint density at radius 2 is 1.57 bits per heavy atom. The molecule has 1 atom stereocenters. The number of furan rings is 1. The first-order chi connectivity index (χ1) is 25.1. The lowest BCUT2D eigenvalue weighted by Crippen LogP contribution is -2.47. The van der Waals surface area contributed by atoms with Gasteiger partial charge in [-0.05, 0) is 140 Å². The molecule has 1 aromatic heterocycles. The summed E-state index contributed by atoms with van der Waals surface area (Å²) in [4.78, 5) is 31.0. The number of para-hydroxylation sites is 2. The average Bonchev–Trinajstić information content (AvgIpc) is 3.52. The van der Waals surface area contributed by atoms with Crippen molar-refractivity contribution in [3.8, 4) is 5.75 Å². The van der Waals surface area contributed by atoms with Crippen molar-refractivity contribution in [1.82, 2.24) is 9.80 Å². The van der Waals surface area contributed by atoms with Crippen LogP contribution in [0.4, 0.5) is 5.69 Å². The molecule has 0 saturated carbocycles. The fraction of sp³-hybridized carbons (Fsp3) is 0.488. The molecule has 3 N–H and O–H groups in total. The Labute approximate surface area is 356 Å². The van der Waals surface area contributed by atoms with E-state index >= 15 is 0 Å². The van der Waals surface area contributed by atoms with Gasteiger partial charge in [0.15, 0.2) is 5.78 Å². The number of aryl methyl sites for hydroxylation is 3. The molecule has 0 radical (unpaired) electrons. The van der Waals surface area contributed by atoms with Crippen LogP contribution in [0.1, 0.15) is 105 Å². The van der Waals surface area contributed by atoms with Crippen LogP contribution < -0.4 is 10.1 Å². The van der Waals surface area contributed by atoms with Crippen molar-refractivity contribution < 1.29 is 24.2 Å². The lowest BCUT2D eigenvalue weighted by molar-refractivity contribution is -0.122. The van der Waals surface area contributed by atoms with E-state index in [0.717, 1.165) is 111 Å². The van der Waals surface area contributed by atoms with E-state index in [1.165, 1.54) is 19.3 Å². The van der Waals surface area contributed by atoms with E-state index in [0.29, 0.717) is 17.7 Å². The number of carbonyl (C=O) groups is 2. The minimum absolute atomic E-state index is 0. The first kappa shape index (κ1) is 47.9. The van der Waals surface area contributed by atoms with E-state index in [2.05, 4.69) is 114 Å². The number of piperidine rings is 1. The predicted octanol–water partition coefficient (Wildman–Crippen LogP) is 10.4.